The van der Waals surface area contributed by atoms with Crippen molar-refractivity contribution in [3.8, 4) is 5.75 Å². The number of rotatable bonds is 8. The molecule has 0 bridgehead atoms. The molecule has 0 radical (unpaired) electrons. The van der Waals surface area contributed by atoms with Crippen molar-refractivity contribution in [1.82, 2.24) is 10.2 Å². The lowest BCUT2D eigenvalue weighted by Gasteiger charge is -2.24. The van der Waals surface area contributed by atoms with Gasteiger partial charge in [-0.1, -0.05) is 30.3 Å². The second-order valence-corrected chi connectivity index (χ2v) is 7.89. The Morgan fingerprint density at radius 3 is 2.13 bits per heavy atom. The summed E-state index contributed by atoms with van der Waals surface area (Å²) in [6, 6.07) is 9.61. The Morgan fingerprint density at radius 2 is 1.60 bits per heavy atom. The molecule has 2 N–H and O–H groups in total. The molecule has 162 valence electrons. The standard InChI is InChI=1S/C24H33N3O3/c1-15-9-8-10-16(2)22(15)26-21(28)13-25-24(29)19(5)27(6)14-20-11-17(3)23(30-7)18(4)12-20/h8-12,19H,13-14H2,1-7H3,(H,25,29)(H,26,28). The van der Waals surface area contributed by atoms with Crippen LogP contribution in [0, 0.1) is 27.7 Å². The fraction of sp³-hybridized carbons (Fsp3) is 0.417. The topological polar surface area (TPSA) is 70.7 Å². The number of carbonyl (C=O) groups excluding carboxylic acids is 2. The number of amides is 2. The molecule has 2 aromatic carbocycles. The Balaban J connectivity index is 1.91. The molecule has 30 heavy (non-hydrogen) atoms. The lowest BCUT2D eigenvalue weighted by molar-refractivity contribution is -0.127. The van der Waals surface area contributed by atoms with Crippen LogP contribution in [0.1, 0.15) is 34.7 Å². The van der Waals surface area contributed by atoms with Gasteiger partial charge in [-0.3, -0.25) is 14.5 Å². The van der Waals surface area contributed by atoms with Crippen LogP contribution >= 0.6 is 0 Å². The van der Waals surface area contributed by atoms with Gasteiger partial charge in [-0.15, -0.1) is 0 Å². The number of hydrogen-bond acceptors (Lipinski definition) is 4. The Hall–Kier alpha value is -2.86. The smallest absolute Gasteiger partial charge is 0.243 e. The van der Waals surface area contributed by atoms with Gasteiger partial charge in [0, 0.05) is 12.2 Å². The van der Waals surface area contributed by atoms with Gasteiger partial charge in [-0.2, -0.15) is 0 Å². The summed E-state index contributed by atoms with van der Waals surface area (Å²) in [5.41, 5.74) is 6.04. The minimum Gasteiger partial charge on any atom is -0.496 e. The van der Waals surface area contributed by atoms with E-state index in [1.807, 2.05) is 64.8 Å². The Bertz CT molecular complexity index is 881. The number of ether oxygens (including phenoxy) is 1. The predicted octanol–water partition coefficient (Wildman–Crippen LogP) is 3.50. The molecule has 0 saturated carbocycles. The van der Waals surface area contributed by atoms with Gasteiger partial charge in [-0.25, -0.2) is 0 Å². The average Bonchev–Trinajstić information content (AvgIpc) is 2.68. The van der Waals surface area contributed by atoms with E-state index >= 15 is 0 Å². The van der Waals surface area contributed by atoms with E-state index in [1.54, 1.807) is 7.11 Å². The van der Waals surface area contributed by atoms with Crippen molar-refractivity contribution in [2.75, 3.05) is 26.0 Å². The van der Waals surface area contributed by atoms with Gasteiger partial charge in [0.1, 0.15) is 5.75 Å². The highest BCUT2D eigenvalue weighted by Crippen LogP contribution is 2.25. The van der Waals surface area contributed by atoms with Crippen LogP contribution in [0.25, 0.3) is 0 Å². The first kappa shape index (κ1) is 23.4. The molecule has 0 spiro atoms. The summed E-state index contributed by atoms with van der Waals surface area (Å²) in [6.45, 7) is 10.3. The highest BCUT2D eigenvalue weighted by molar-refractivity contribution is 5.96. The number of likely N-dealkylation sites (N-methyl/N-ethyl adjacent to an activating group) is 1. The van der Waals surface area contributed by atoms with Crippen LogP contribution in [0.4, 0.5) is 5.69 Å². The minimum atomic E-state index is -0.374. The maximum Gasteiger partial charge on any atom is 0.243 e. The number of nitrogens with zero attached hydrogens (tertiary/aromatic N) is 1. The molecule has 1 unspecified atom stereocenters. The Morgan fingerprint density at radius 1 is 1.03 bits per heavy atom. The third-order valence-corrected chi connectivity index (χ3v) is 5.37. The van der Waals surface area contributed by atoms with Gasteiger partial charge in [0.25, 0.3) is 0 Å². The quantitative estimate of drug-likeness (QED) is 0.697. The van der Waals surface area contributed by atoms with Crippen molar-refractivity contribution in [1.29, 1.82) is 0 Å². The van der Waals surface area contributed by atoms with Gasteiger partial charge >= 0.3 is 0 Å². The molecular weight excluding hydrogens is 378 g/mol. The van der Waals surface area contributed by atoms with E-state index in [4.69, 9.17) is 4.74 Å². The maximum absolute atomic E-state index is 12.5. The normalized spacial score (nSPS) is 11.9. The van der Waals surface area contributed by atoms with E-state index in [9.17, 15) is 9.59 Å². The zero-order valence-corrected chi connectivity index (χ0v) is 19.1. The molecule has 6 nitrogen and oxygen atoms in total. The van der Waals surface area contributed by atoms with Crippen molar-refractivity contribution in [2.45, 2.75) is 47.2 Å². The van der Waals surface area contributed by atoms with Crippen molar-refractivity contribution >= 4 is 17.5 Å². The van der Waals surface area contributed by atoms with Crippen LogP contribution < -0.4 is 15.4 Å². The summed E-state index contributed by atoms with van der Waals surface area (Å²) in [5.74, 6) is 0.468. The van der Waals surface area contributed by atoms with E-state index in [-0.39, 0.29) is 24.4 Å². The number of para-hydroxylation sites is 1. The van der Waals surface area contributed by atoms with Crippen molar-refractivity contribution in [2.24, 2.45) is 0 Å². The van der Waals surface area contributed by atoms with Crippen LogP contribution in [0.15, 0.2) is 30.3 Å². The van der Waals surface area contributed by atoms with Crippen molar-refractivity contribution in [3.63, 3.8) is 0 Å². The molecule has 1 atom stereocenters. The predicted molar refractivity (Wildman–Crippen MR) is 121 cm³/mol. The first-order valence-electron chi connectivity index (χ1n) is 10.1. The number of carbonyl (C=O) groups is 2. The summed E-state index contributed by atoms with van der Waals surface area (Å²) in [4.78, 5) is 26.8. The number of anilines is 1. The van der Waals surface area contributed by atoms with Crippen molar-refractivity contribution < 1.29 is 14.3 Å². The van der Waals surface area contributed by atoms with Gasteiger partial charge in [0.2, 0.25) is 11.8 Å². The van der Waals surface area contributed by atoms with Gasteiger partial charge < -0.3 is 15.4 Å². The molecule has 0 aliphatic rings. The van der Waals surface area contributed by atoms with Crippen LogP contribution in [0.3, 0.4) is 0 Å². The average molecular weight is 412 g/mol. The fourth-order valence-corrected chi connectivity index (χ4v) is 3.59. The van der Waals surface area contributed by atoms with E-state index in [2.05, 4.69) is 22.8 Å². The first-order valence-corrected chi connectivity index (χ1v) is 10.1. The number of benzene rings is 2. The second-order valence-electron chi connectivity index (χ2n) is 7.89. The molecule has 0 aliphatic heterocycles. The van der Waals surface area contributed by atoms with E-state index in [1.165, 1.54) is 0 Å². The first-order chi connectivity index (χ1) is 14.1. The third kappa shape index (κ3) is 5.83. The molecule has 2 rings (SSSR count). The number of hydrogen-bond donors (Lipinski definition) is 2. The fourth-order valence-electron chi connectivity index (χ4n) is 3.59. The molecule has 6 heteroatoms. The summed E-state index contributed by atoms with van der Waals surface area (Å²) in [6.07, 6.45) is 0. The summed E-state index contributed by atoms with van der Waals surface area (Å²) < 4.78 is 5.42. The summed E-state index contributed by atoms with van der Waals surface area (Å²) >= 11 is 0. The molecule has 2 amide bonds. The number of nitrogens with one attached hydrogen (secondary N) is 2. The Kier molecular flexibility index (Phi) is 8.00. The molecule has 2 aromatic rings. The van der Waals surface area contributed by atoms with Gasteiger partial charge in [-0.05, 0) is 69.5 Å². The van der Waals surface area contributed by atoms with E-state index < -0.39 is 0 Å². The lowest BCUT2D eigenvalue weighted by atomic mass is 10.0. The summed E-state index contributed by atoms with van der Waals surface area (Å²) in [5, 5.41) is 5.62. The van der Waals surface area contributed by atoms with Crippen LogP contribution in [0.5, 0.6) is 5.75 Å². The van der Waals surface area contributed by atoms with Crippen molar-refractivity contribution in [3.05, 3.63) is 58.1 Å². The molecular formula is C24H33N3O3. The molecule has 0 aliphatic carbocycles. The molecule has 0 aromatic heterocycles. The number of methoxy groups -OCH3 is 1. The van der Waals surface area contributed by atoms with Crippen LogP contribution in [-0.4, -0.2) is 43.5 Å². The van der Waals surface area contributed by atoms with Gasteiger partial charge in [0.15, 0.2) is 0 Å². The Labute approximate surface area is 179 Å². The highest BCUT2D eigenvalue weighted by atomic mass is 16.5. The SMILES string of the molecule is COc1c(C)cc(CN(C)C(C)C(=O)NCC(=O)Nc2c(C)cccc2C)cc1C. The minimum absolute atomic E-state index is 0.0639. The third-order valence-electron chi connectivity index (χ3n) is 5.37. The van der Waals surface area contributed by atoms with Crippen LogP contribution in [-0.2, 0) is 16.1 Å². The van der Waals surface area contributed by atoms with Crippen LogP contribution in [0.2, 0.25) is 0 Å². The zero-order valence-electron chi connectivity index (χ0n) is 19.1. The molecule has 0 saturated heterocycles. The summed E-state index contributed by atoms with van der Waals surface area (Å²) in [7, 11) is 3.57. The monoisotopic (exact) mass is 411 g/mol. The highest BCUT2D eigenvalue weighted by Gasteiger charge is 2.19. The van der Waals surface area contributed by atoms with E-state index in [0.717, 1.165) is 39.3 Å². The second kappa shape index (κ2) is 10.3. The van der Waals surface area contributed by atoms with Gasteiger partial charge in [0.05, 0.1) is 19.7 Å². The molecule has 0 heterocycles. The van der Waals surface area contributed by atoms with E-state index in [0.29, 0.717) is 6.54 Å². The molecule has 0 fully saturated rings. The maximum atomic E-state index is 12.5. The largest absolute Gasteiger partial charge is 0.496 e. The number of aryl methyl sites for hydroxylation is 4. The lowest BCUT2D eigenvalue weighted by Crippen LogP contribution is -2.45. The zero-order chi connectivity index (χ0) is 22.4.